The van der Waals surface area contributed by atoms with Crippen molar-refractivity contribution >= 4 is 22.8 Å². The third-order valence-electron chi connectivity index (χ3n) is 3.16. The summed E-state index contributed by atoms with van der Waals surface area (Å²) in [7, 11) is 0. The van der Waals surface area contributed by atoms with Gasteiger partial charge in [0.2, 0.25) is 5.91 Å². The Labute approximate surface area is 135 Å². The molecule has 0 atom stereocenters. The van der Waals surface area contributed by atoms with Crippen LogP contribution in [0.15, 0.2) is 33.8 Å². The predicted molar refractivity (Wildman–Crippen MR) is 83.1 cm³/mol. The van der Waals surface area contributed by atoms with Crippen LogP contribution >= 0.6 is 11.8 Å². The highest BCUT2D eigenvalue weighted by atomic mass is 32.2. The summed E-state index contributed by atoms with van der Waals surface area (Å²) in [5.74, 6) is -0.517. The second kappa shape index (κ2) is 6.91. The first kappa shape index (κ1) is 15.7. The molecule has 120 valence electrons. The summed E-state index contributed by atoms with van der Waals surface area (Å²) >= 11 is 1.49. The average molecular weight is 337 g/mol. The minimum Gasteiger partial charge on any atom is -0.441 e. The number of carbonyl (C=O) groups excluding carboxylic acids is 1. The molecule has 1 aliphatic heterocycles. The second-order valence-corrected chi connectivity index (χ2v) is 5.88. The Balaban J connectivity index is 1.62. The van der Waals surface area contributed by atoms with E-state index in [0.717, 1.165) is 17.9 Å². The zero-order valence-corrected chi connectivity index (χ0v) is 12.8. The maximum atomic E-state index is 13.7. The molecule has 2 heterocycles. The maximum Gasteiger partial charge on any atom is 0.226 e. The number of amidine groups is 1. The Morgan fingerprint density at radius 2 is 2.13 bits per heavy atom. The number of carbonyl (C=O) groups is 1. The summed E-state index contributed by atoms with van der Waals surface area (Å²) < 4.78 is 32.7. The summed E-state index contributed by atoms with van der Waals surface area (Å²) in [5, 5.41) is 3.31. The van der Waals surface area contributed by atoms with Crippen LogP contribution in [-0.2, 0) is 11.2 Å². The van der Waals surface area contributed by atoms with E-state index in [1.165, 1.54) is 24.0 Å². The SMILES string of the molecule is O=C(CCc1ncc(-c2c(F)cccc2F)o1)NC1=NCCS1. The monoisotopic (exact) mass is 337 g/mol. The molecule has 0 fully saturated rings. The van der Waals surface area contributed by atoms with Crippen molar-refractivity contribution in [2.75, 3.05) is 12.3 Å². The van der Waals surface area contributed by atoms with Gasteiger partial charge >= 0.3 is 0 Å². The fraction of sp³-hybridized carbons (Fsp3) is 0.267. The van der Waals surface area contributed by atoms with Gasteiger partial charge in [-0.2, -0.15) is 0 Å². The van der Waals surface area contributed by atoms with Gasteiger partial charge in [-0.3, -0.25) is 9.79 Å². The van der Waals surface area contributed by atoms with Crippen molar-refractivity contribution < 1.29 is 18.0 Å². The highest BCUT2D eigenvalue weighted by Gasteiger charge is 2.17. The Morgan fingerprint density at radius 3 is 2.83 bits per heavy atom. The van der Waals surface area contributed by atoms with Gasteiger partial charge in [0.15, 0.2) is 16.8 Å². The van der Waals surface area contributed by atoms with Gasteiger partial charge in [0.05, 0.1) is 18.3 Å². The van der Waals surface area contributed by atoms with Gasteiger partial charge in [-0.15, -0.1) is 0 Å². The molecule has 3 rings (SSSR count). The number of aromatic nitrogens is 1. The van der Waals surface area contributed by atoms with Gasteiger partial charge in [0.1, 0.15) is 11.6 Å². The van der Waals surface area contributed by atoms with E-state index >= 15 is 0 Å². The van der Waals surface area contributed by atoms with Gasteiger partial charge < -0.3 is 9.73 Å². The van der Waals surface area contributed by atoms with E-state index in [0.29, 0.717) is 11.7 Å². The van der Waals surface area contributed by atoms with E-state index in [9.17, 15) is 13.6 Å². The molecule has 1 N–H and O–H groups in total. The lowest BCUT2D eigenvalue weighted by atomic mass is 10.1. The molecule has 0 saturated heterocycles. The van der Waals surface area contributed by atoms with Crippen LogP contribution in [0.4, 0.5) is 8.78 Å². The van der Waals surface area contributed by atoms with Crippen molar-refractivity contribution in [2.24, 2.45) is 4.99 Å². The van der Waals surface area contributed by atoms with Gasteiger partial charge in [0.25, 0.3) is 0 Å². The Bertz CT molecular complexity index is 741. The Hall–Kier alpha value is -2.22. The molecule has 1 aromatic carbocycles. The number of aliphatic imine (C=N–C) groups is 1. The van der Waals surface area contributed by atoms with Crippen molar-refractivity contribution in [1.29, 1.82) is 0 Å². The first-order valence-corrected chi connectivity index (χ1v) is 7.98. The van der Waals surface area contributed by atoms with Crippen molar-refractivity contribution in [2.45, 2.75) is 12.8 Å². The number of hydrogen-bond acceptors (Lipinski definition) is 5. The maximum absolute atomic E-state index is 13.7. The van der Waals surface area contributed by atoms with Crippen LogP contribution in [0.1, 0.15) is 12.3 Å². The number of benzene rings is 1. The topological polar surface area (TPSA) is 67.5 Å². The molecule has 0 radical (unpaired) electrons. The van der Waals surface area contributed by atoms with Crippen LogP contribution in [0.2, 0.25) is 0 Å². The van der Waals surface area contributed by atoms with Crippen LogP contribution in [0.25, 0.3) is 11.3 Å². The summed E-state index contributed by atoms with van der Waals surface area (Å²) in [6, 6.07) is 3.57. The molecule has 1 aromatic heterocycles. The van der Waals surface area contributed by atoms with E-state index in [2.05, 4.69) is 15.3 Å². The van der Waals surface area contributed by atoms with Crippen molar-refractivity contribution in [3.05, 3.63) is 41.9 Å². The highest BCUT2D eigenvalue weighted by Crippen LogP contribution is 2.26. The smallest absolute Gasteiger partial charge is 0.226 e. The predicted octanol–water partition coefficient (Wildman–Crippen LogP) is 2.77. The Morgan fingerprint density at radius 1 is 1.35 bits per heavy atom. The number of nitrogens with one attached hydrogen (secondary N) is 1. The first-order valence-electron chi connectivity index (χ1n) is 6.99. The van der Waals surface area contributed by atoms with E-state index in [1.807, 2.05) is 0 Å². The minimum atomic E-state index is -0.721. The third-order valence-corrected chi connectivity index (χ3v) is 4.05. The lowest BCUT2D eigenvalue weighted by Gasteiger charge is -2.02. The molecule has 5 nitrogen and oxygen atoms in total. The van der Waals surface area contributed by atoms with Crippen molar-refractivity contribution in [1.82, 2.24) is 10.3 Å². The molecule has 1 amide bonds. The largest absolute Gasteiger partial charge is 0.441 e. The molecule has 0 bridgehead atoms. The average Bonchev–Trinajstić information content (AvgIpc) is 3.17. The summed E-state index contributed by atoms with van der Waals surface area (Å²) in [4.78, 5) is 19.8. The summed E-state index contributed by atoms with van der Waals surface area (Å²) in [5.41, 5.74) is -0.257. The molecule has 8 heteroatoms. The number of nitrogens with zero attached hydrogens (tertiary/aromatic N) is 2. The van der Waals surface area contributed by atoms with Crippen LogP contribution in [0, 0.1) is 11.6 Å². The quantitative estimate of drug-likeness (QED) is 0.931. The molecule has 0 aliphatic carbocycles. The second-order valence-electron chi connectivity index (χ2n) is 4.80. The fourth-order valence-electron chi connectivity index (χ4n) is 2.09. The standard InChI is InChI=1S/C15H13F2N3O2S/c16-9-2-1-3-10(17)14(9)11-8-19-13(22-11)5-4-12(21)20-15-18-6-7-23-15/h1-3,8H,4-7H2,(H,18,20,21). The molecule has 0 saturated carbocycles. The summed E-state index contributed by atoms with van der Waals surface area (Å²) in [6.45, 7) is 0.706. The van der Waals surface area contributed by atoms with Crippen LogP contribution in [0.3, 0.4) is 0 Å². The lowest BCUT2D eigenvalue weighted by molar-refractivity contribution is -0.119. The number of aryl methyl sites for hydroxylation is 1. The van der Waals surface area contributed by atoms with Crippen LogP contribution < -0.4 is 5.32 Å². The normalized spacial score (nSPS) is 13.9. The molecular weight excluding hydrogens is 324 g/mol. The first-order chi connectivity index (χ1) is 11.1. The molecule has 0 unspecified atom stereocenters. The summed E-state index contributed by atoms with van der Waals surface area (Å²) in [6.07, 6.45) is 1.64. The van der Waals surface area contributed by atoms with Crippen LogP contribution in [0.5, 0.6) is 0 Å². The van der Waals surface area contributed by atoms with E-state index in [-0.39, 0.29) is 36.0 Å². The zero-order valence-electron chi connectivity index (χ0n) is 12.0. The van der Waals surface area contributed by atoms with Gasteiger partial charge in [-0.25, -0.2) is 13.8 Å². The van der Waals surface area contributed by atoms with E-state index in [4.69, 9.17) is 4.42 Å². The number of oxazole rings is 1. The zero-order chi connectivity index (χ0) is 16.2. The minimum absolute atomic E-state index is 0.00623. The number of rotatable bonds is 4. The number of thioether (sulfide) groups is 1. The van der Waals surface area contributed by atoms with Gasteiger partial charge in [0, 0.05) is 18.6 Å². The molecule has 23 heavy (non-hydrogen) atoms. The lowest BCUT2D eigenvalue weighted by Crippen LogP contribution is -2.27. The molecule has 0 spiro atoms. The third kappa shape index (κ3) is 3.76. The van der Waals surface area contributed by atoms with Crippen molar-refractivity contribution in [3.8, 4) is 11.3 Å². The molecular formula is C15H13F2N3O2S. The number of halogens is 2. The van der Waals surface area contributed by atoms with Gasteiger partial charge in [-0.05, 0) is 12.1 Å². The van der Waals surface area contributed by atoms with E-state index in [1.54, 1.807) is 0 Å². The Kier molecular flexibility index (Phi) is 4.71. The highest BCUT2D eigenvalue weighted by molar-refractivity contribution is 8.14. The fourth-order valence-corrected chi connectivity index (χ4v) is 2.83. The van der Waals surface area contributed by atoms with Crippen LogP contribution in [-0.4, -0.2) is 28.4 Å². The van der Waals surface area contributed by atoms with E-state index < -0.39 is 11.6 Å². The number of amides is 1. The molecule has 1 aliphatic rings. The number of hydrogen-bond donors (Lipinski definition) is 1. The van der Waals surface area contributed by atoms with Crippen molar-refractivity contribution in [3.63, 3.8) is 0 Å². The van der Waals surface area contributed by atoms with Gasteiger partial charge in [-0.1, -0.05) is 17.8 Å². The molecule has 2 aromatic rings.